The number of hydrogen-bond acceptors (Lipinski definition) is 3. The van der Waals surface area contributed by atoms with Gasteiger partial charge in [-0.3, -0.25) is 4.57 Å². The van der Waals surface area contributed by atoms with E-state index in [1.54, 1.807) is 0 Å². The van der Waals surface area contributed by atoms with Gasteiger partial charge in [0, 0.05) is 44.4 Å². The van der Waals surface area contributed by atoms with E-state index in [2.05, 4.69) is 266 Å². The van der Waals surface area contributed by atoms with Gasteiger partial charge in [-0.05, 0) is 122 Å². The van der Waals surface area contributed by atoms with E-state index < -0.39 is 0 Å². The lowest BCUT2D eigenvalue weighted by atomic mass is 9.82. The zero-order valence-corrected chi connectivity index (χ0v) is 39.5. The second-order valence-corrected chi connectivity index (χ2v) is 19.0. The first kappa shape index (κ1) is 42.0. The van der Waals surface area contributed by atoms with Crippen molar-refractivity contribution in [2.24, 2.45) is 0 Å². The topological polar surface area (TPSA) is 34.0 Å². The first-order valence-electron chi connectivity index (χ1n) is 24.4. The molecule has 1 aliphatic carbocycles. The molecule has 0 unspecified atom stereocenters. The van der Waals surface area contributed by atoms with E-state index in [-0.39, 0.29) is 5.41 Å². The molecule has 10 aromatic carbocycles. The first-order valence-corrected chi connectivity index (χ1v) is 24.4. The van der Waals surface area contributed by atoms with Crippen LogP contribution in [-0.2, 0) is 5.41 Å². The van der Waals surface area contributed by atoms with Crippen LogP contribution < -0.4 is 4.90 Å². The van der Waals surface area contributed by atoms with E-state index in [9.17, 15) is 0 Å². The summed E-state index contributed by atoms with van der Waals surface area (Å²) in [7, 11) is 0. The third kappa shape index (κ3) is 7.40. The zero-order valence-electron chi connectivity index (χ0n) is 39.5. The average molecular weight is 909 g/mol. The summed E-state index contributed by atoms with van der Waals surface area (Å²) in [6.45, 7) is 4.69. The third-order valence-electron chi connectivity index (χ3n) is 14.4. The molecule has 2 heterocycles. The van der Waals surface area contributed by atoms with Gasteiger partial charge in [0.15, 0.2) is 0 Å². The van der Waals surface area contributed by atoms with Crippen molar-refractivity contribution in [3.63, 3.8) is 0 Å². The molecule has 336 valence electrons. The fourth-order valence-electron chi connectivity index (χ4n) is 10.8. The number of fused-ring (bicyclic) bond motifs is 6. The molecule has 0 spiro atoms. The highest BCUT2D eigenvalue weighted by molar-refractivity contribution is 6.12. The molecule has 0 fully saturated rings. The van der Waals surface area contributed by atoms with Crippen LogP contribution in [-0.4, -0.2) is 14.5 Å². The SMILES string of the molecule is CC1(C)c2ccccc2-c2cc3c4cc(-c5ccc(N(c6ccc(-c7ccccc7)cc6)c6ccc(-c7ccccc7)cc6)cc5)ccc4n(-c4nc(-c5ccccc5)cc(-c5ccccc5)n4)c3cc21. The number of aromatic nitrogens is 3. The summed E-state index contributed by atoms with van der Waals surface area (Å²) in [5, 5.41) is 2.32. The van der Waals surface area contributed by atoms with Crippen molar-refractivity contribution >= 4 is 38.9 Å². The lowest BCUT2D eigenvalue weighted by molar-refractivity contribution is 0.661. The molecule has 0 saturated heterocycles. The highest BCUT2D eigenvalue weighted by Crippen LogP contribution is 2.51. The summed E-state index contributed by atoms with van der Waals surface area (Å²) in [4.78, 5) is 13.1. The molecule has 0 radical (unpaired) electrons. The Morgan fingerprint density at radius 3 is 1.24 bits per heavy atom. The van der Waals surface area contributed by atoms with Crippen molar-refractivity contribution in [3.8, 4) is 73.0 Å². The van der Waals surface area contributed by atoms with E-state index in [0.29, 0.717) is 5.95 Å². The molecule has 1 aliphatic rings. The minimum absolute atomic E-state index is 0.183. The Morgan fingerprint density at radius 2 is 0.732 bits per heavy atom. The summed E-state index contributed by atoms with van der Waals surface area (Å²) >= 11 is 0. The Morgan fingerprint density at radius 1 is 0.324 bits per heavy atom. The van der Waals surface area contributed by atoms with Crippen LogP contribution in [0.3, 0.4) is 0 Å². The predicted molar refractivity (Wildman–Crippen MR) is 296 cm³/mol. The van der Waals surface area contributed by atoms with E-state index in [0.717, 1.165) is 67.1 Å². The van der Waals surface area contributed by atoms with Gasteiger partial charge in [-0.2, -0.15) is 0 Å². The Kier molecular flexibility index (Phi) is 10.1. The molecule has 0 atom stereocenters. The Balaban J connectivity index is 0.954. The molecular formula is C67H48N4. The van der Waals surface area contributed by atoms with Gasteiger partial charge in [-0.15, -0.1) is 0 Å². The van der Waals surface area contributed by atoms with Crippen LogP contribution in [0.4, 0.5) is 17.1 Å². The monoisotopic (exact) mass is 908 g/mol. The third-order valence-corrected chi connectivity index (χ3v) is 14.4. The van der Waals surface area contributed by atoms with Crippen LogP contribution in [0.2, 0.25) is 0 Å². The summed E-state index contributed by atoms with van der Waals surface area (Å²) < 4.78 is 2.29. The molecule has 0 amide bonds. The summed E-state index contributed by atoms with van der Waals surface area (Å²) in [6, 6.07) is 91.5. The highest BCUT2D eigenvalue weighted by Gasteiger charge is 2.36. The van der Waals surface area contributed by atoms with Gasteiger partial charge in [-0.1, -0.05) is 202 Å². The molecule has 2 aromatic heterocycles. The van der Waals surface area contributed by atoms with Crippen molar-refractivity contribution < 1.29 is 0 Å². The van der Waals surface area contributed by atoms with Crippen LogP contribution >= 0.6 is 0 Å². The predicted octanol–water partition coefficient (Wildman–Crippen LogP) is 17.7. The molecule has 0 bridgehead atoms. The maximum Gasteiger partial charge on any atom is 0.235 e. The Bertz CT molecular complexity index is 3760. The van der Waals surface area contributed by atoms with Crippen LogP contribution in [0.1, 0.15) is 25.0 Å². The van der Waals surface area contributed by atoms with Crippen molar-refractivity contribution in [1.29, 1.82) is 0 Å². The van der Waals surface area contributed by atoms with E-state index in [4.69, 9.17) is 9.97 Å². The first-order chi connectivity index (χ1) is 34.9. The largest absolute Gasteiger partial charge is 0.311 e. The maximum atomic E-state index is 5.39. The molecule has 12 aromatic rings. The lowest BCUT2D eigenvalue weighted by Gasteiger charge is -2.26. The smallest absolute Gasteiger partial charge is 0.235 e. The molecule has 4 nitrogen and oxygen atoms in total. The van der Waals surface area contributed by atoms with E-state index >= 15 is 0 Å². The fourth-order valence-corrected chi connectivity index (χ4v) is 10.8. The summed E-state index contributed by atoms with van der Waals surface area (Å²) in [5.74, 6) is 0.643. The van der Waals surface area contributed by atoms with Crippen LogP contribution in [0.5, 0.6) is 0 Å². The number of benzene rings is 10. The molecule has 0 N–H and O–H groups in total. The second kappa shape index (κ2) is 17.1. The number of anilines is 3. The van der Waals surface area contributed by atoms with Crippen LogP contribution in [0.15, 0.2) is 255 Å². The van der Waals surface area contributed by atoms with Gasteiger partial charge in [0.25, 0.3) is 0 Å². The molecule has 0 aliphatic heterocycles. The minimum Gasteiger partial charge on any atom is -0.311 e. The van der Waals surface area contributed by atoms with Crippen LogP contribution in [0.25, 0.3) is 94.8 Å². The summed E-state index contributed by atoms with van der Waals surface area (Å²) in [5.41, 5.74) is 21.3. The number of nitrogens with zero attached hydrogens (tertiary/aromatic N) is 4. The maximum absolute atomic E-state index is 5.39. The average Bonchev–Trinajstić information content (AvgIpc) is 3.88. The van der Waals surface area contributed by atoms with Crippen molar-refractivity contribution in [3.05, 3.63) is 266 Å². The normalized spacial score (nSPS) is 12.5. The van der Waals surface area contributed by atoms with Gasteiger partial charge < -0.3 is 4.90 Å². The Labute approximate surface area is 414 Å². The zero-order chi connectivity index (χ0) is 47.5. The standard InChI is InChI=1S/C67H48N4/c1-67(2)60-26-16-15-25-56(60)57-42-59-58-41-52(33-40-64(58)71(65(59)43-61(57)67)66-68-62(50-21-11-5-12-22-50)44-63(69-66)51-23-13-6-14-24-51)49-31-38-55(39-32-49)70(53-34-27-47(28-35-53)45-17-7-3-8-18-45)54-36-29-48(30-37-54)46-19-9-4-10-20-46/h3-44H,1-2H3. The number of hydrogen-bond donors (Lipinski definition) is 0. The minimum atomic E-state index is -0.183. The van der Waals surface area contributed by atoms with Crippen molar-refractivity contribution in [1.82, 2.24) is 14.5 Å². The van der Waals surface area contributed by atoms with Crippen molar-refractivity contribution in [2.45, 2.75) is 19.3 Å². The highest BCUT2D eigenvalue weighted by atomic mass is 15.2. The molecular weight excluding hydrogens is 861 g/mol. The number of rotatable bonds is 9. The molecule has 4 heteroatoms. The van der Waals surface area contributed by atoms with E-state index in [1.807, 2.05) is 12.1 Å². The second-order valence-electron chi connectivity index (χ2n) is 19.0. The quantitative estimate of drug-likeness (QED) is 0.145. The van der Waals surface area contributed by atoms with Gasteiger partial charge in [-0.25, -0.2) is 9.97 Å². The van der Waals surface area contributed by atoms with Gasteiger partial charge >= 0.3 is 0 Å². The fraction of sp³-hybridized carbons (Fsp3) is 0.0448. The van der Waals surface area contributed by atoms with Gasteiger partial charge in [0.05, 0.1) is 22.4 Å². The molecule has 71 heavy (non-hydrogen) atoms. The lowest BCUT2D eigenvalue weighted by Crippen LogP contribution is -2.15. The van der Waals surface area contributed by atoms with Crippen LogP contribution in [0, 0.1) is 0 Å². The molecule has 13 rings (SSSR count). The van der Waals surface area contributed by atoms with Gasteiger partial charge in [0.1, 0.15) is 0 Å². The van der Waals surface area contributed by atoms with Gasteiger partial charge in [0.2, 0.25) is 5.95 Å². The Hall–Kier alpha value is -9.12. The van der Waals surface area contributed by atoms with E-state index in [1.165, 1.54) is 49.9 Å². The molecule has 0 saturated carbocycles. The van der Waals surface area contributed by atoms with Crippen molar-refractivity contribution in [2.75, 3.05) is 4.90 Å². The summed E-state index contributed by atoms with van der Waals surface area (Å²) in [6.07, 6.45) is 0.